The van der Waals surface area contributed by atoms with Gasteiger partial charge in [0, 0.05) is 52.6 Å². The van der Waals surface area contributed by atoms with E-state index in [4.69, 9.17) is 0 Å². The van der Waals surface area contributed by atoms with Gasteiger partial charge in [-0.25, -0.2) is 0 Å². The molecule has 120 valence electrons. The van der Waals surface area contributed by atoms with Crippen molar-refractivity contribution in [2.75, 3.05) is 39.3 Å². The zero-order valence-electron chi connectivity index (χ0n) is 13.4. The molecule has 0 aliphatic carbocycles. The van der Waals surface area contributed by atoms with Gasteiger partial charge in [-0.2, -0.15) is 0 Å². The van der Waals surface area contributed by atoms with E-state index in [1.807, 2.05) is 0 Å². The fourth-order valence-corrected chi connectivity index (χ4v) is 2.31. The van der Waals surface area contributed by atoms with E-state index in [2.05, 4.69) is 13.8 Å². The first kappa shape index (κ1) is 17.5. The van der Waals surface area contributed by atoms with Crippen LogP contribution in [0.2, 0.25) is 0 Å². The summed E-state index contributed by atoms with van der Waals surface area (Å²) in [5.74, 6) is 0.629. The Hall–Kier alpha value is -1.59. The molecule has 0 atom stereocenters. The second-order valence-corrected chi connectivity index (χ2v) is 5.96. The van der Waals surface area contributed by atoms with E-state index in [1.54, 1.807) is 21.6 Å². The quantitative estimate of drug-likeness (QED) is 0.646. The smallest absolute Gasteiger partial charge is 0.224 e. The lowest BCUT2D eigenvalue weighted by atomic mass is 10.1. The van der Waals surface area contributed by atoms with Crippen molar-refractivity contribution in [1.29, 1.82) is 0 Å². The van der Waals surface area contributed by atoms with Crippen molar-refractivity contribution in [2.45, 2.75) is 33.6 Å². The minimum absolute atomic E-state index is 0.0224. The molecule has 1 saturated heterocycles. The first-order valence-electron chi connectivity index (χ1n) is 7.66. The van der Waals surface area contributed by atoms with Crippen LogP contribution in [0.25, 0.3) is 0 Å². The van der Waals surface area contributed by atoms with Gasteiger partial charge in [-0.15, -0.1) is 0 Å². The number of carbonyl (C=O) groups is 3. The van der Waals surface area contributed by atoms with Gasteiger partial charge in [0.1, 0.15) is 0 Å². The van der Waals surface area contributed by atoms with Crippen LogP contribution in [0.3, 0.4) is 0 Å². The highest BCUT2D eigenvalue weighted by Gasteiger charge is 2.21. The third kappa shape index (κ3) is 6.14. The van der Waals surface area contributed by atoms with Crippen LogP contribution in [-0.4, -0.2) is 72.2 Å². The maximum absolute atomic E-state index is 12.1. The first-order valence-corrected chi connectivity index (χ1v) is 7.66. The maximum atomic E-state index is 12.1. The average molecular weight is 297 g/mol. The van der Waals surface area contributed by atoms with Gasteiger partial charge in [0.2, 0.25) is 18.2 Å². The number of hydrogen-bond acceptors (Lipinski definition) is 3. The molecule has 0 saturated carbocycles. The van der Waals surface area contributed by atoms with Crippen molar-refractivity contribution in [2.24, 2.45) is 5.92 Å². The van der Waals surface area contributed by atoms with Crippen molar-refractivity contribution in [1.82, 2.24) is 14.7 Å². The number of nitrogens with zero attached hydrogens (tertiary/aromatic N) is 3. The summed E-state index contributed by atoms with van der Waals surface area (Å²) in [5.41, 5.74) is 0. The van der Waals surface area contributed by atoms with Gasteiger partial charge in [-0.1, -0.05) is 13.8 Å². The van der Waals surface area contributed by atoms with Crippen LogP contribution in [0.4, 0.5) is 0 Å². The van der Waals surface area contributed by atoms with E-state index < -0.39 is 0 Å². The lowest BCUT2D eigenvalue weighted by Crippen LogP contribution is -2.48. The molecule has 0 aromatic rings. The Kier molecular flexibility index (Phi) is 7.19. The summed E-state index contributed by atoms with van der Waals surface area (Å²) >= 11 is 0. The van der Waals surface area contributed by atoms with E-state index in [1.165, 1.54) is 0 Å². The molecule has 21 heavy (non-hydrogen) atoms. The molecule has 0 aromatic carbocycles. The maximum Gasteiger partial charge on any atom is 0.224 e. The summed E-state index contributed by atoms with van der Waals surface area (Å²) in [6.45, 7) is 9.35. The SMILES string of the molecule is CC(=O)N(CCC(=O)N1CCN(C=O)CC1)CCC(C)C. The second kappa shape index (κ2) is 8.64. The molecular weight excluding hydrogens is 270 g/mol. The van der Waals surface area contributed by atoms with Gasteiger partial charge >= 0.3 is 0 Å². The molecule has 6 nitrogen and oxygen atoms in total. The van der Waals surface area contributed by atoms with E-state index >= 15 is 0 Å². The molecule has 0 bridgehead atoms. The van der Waals surface area contributed by atoms with Crippen LogP contribution in [0.5, 0.6) is 0 Å². The molecule has 1 aliphatic heterocycles. The third-order valence-electron chi connectivity index (χ3n) is 3.83. The van der Waals surface area contributed by atoms with Crippen LogP contribution in [-0.2, 0) is 14.4 Å². The Balaban J connectivity index is 2.36. The largest absolute Gasteiger partial charge is 0.342 e. The molecule has 0 unspecified atom stereocenters. The lowest BCUT2D eigenvalue weighted by Gasteiger charge is -2.33. The van der Waals surface area contributed by atoms with Gasteiger partial charge in [0.05, 0.1) is 0 Å². The monoisotopic (exact) mass is 297 g/mol. The average Bonchev–Trinajstić information content (AvgIpc) is 2.46. The van der Waals surface area contributed by atoms with Crippen LogP contribution in [0.1, 0.15) is 33.6 Å². The molecule has 3 amide bonds. The molecule has 1 aliphatic rings. The van der Waals surface area contributed by atoms with Crippen molar-refractivity contribution in [3.05, 3.63) is 0 Å². The zero-order valence-corrected chi connectivity index (χ0v) is 13.4. The fourth-order valence-electron chi connectivity index (χ4n) is 2.31. The molecule has 1 rings (SSSR count). The number of amides is 3. The topological polar surface area (TPSA) is 60.9 Å². The standard InChI is InChI=1S/C15H27N3O3/c1-13(2)4-6-17(14(3)20)7-5-15(21)18-10-8-16(12-19)9-11-18/h12-13H,4-11H2,1-3H3. The van der Waals surface area contributed by atoms with Gasteiger partial charge < -0.3 is 14.7 Å². The van der Waals surface area contributed by atoms with Crippen LogP contribution in [0, 0.1) is 5.92 Å². The van der Waals surface area contributed by atoms with E-state index in [-0.39, 0.29) is 11.8 Å². The molecule has 1 heterocycles. The van der Waals surface area contributed by atoms with Gasteiger partial charge in [0.15, 0.2) is 0 Å². The highest BCUT2D eigenvalue weighted by molar-refractivity contribution is 5.78. The summed E-state index contributed by atoms with van der Waals surface area (Å²) in [4.78, 5) is 39.6. The van der Waals surface area contributed by atoms with Gasteiger partial charge in [-0.3, -0.25) is 14.4 Å². The Bertz CT molecular complexity index is 363. The van der Waals surface area contributed by atoms with Crippen LogP contribution < -0.4 is 0 Å². The number of piperazine rings is 1. The van der Waals surface area contributed by atoms with Crippen molar-refractivity contribution in [3.63, 3.8) is 0 Å². The van der Waals surface area contributed by atoms with E-state index in [0.717, 1.165) is 12.8 Å². The van der Waals surface area contributed by atoms with E-state index in [9.17, 15) is 14.4 Å². The third-order valence-corrected chi connectivity index (χ3v) is 3.83. The normalized spacial score (nSPS) is 15.2. The first-order chi connectivity index (χ1) is 9.93. The van der Waals surface area contributed by atoms with Crippen LogP contribution >= 0.6 is 0 Å². The summed E-state index contributed by atoms with van der Waals surface area (Å²) in [6.07, 6.45) is 2.13. The van der Waals surface area contributed by atoms with Gasteiger partial charge in [0.25, 0.3) is 0 Å². The van der Waals surface area contributed by atoms with Crippen LogP contribution in [0.15, 0.2) is 0 Å². The van der Waals surface area contributed by atoms with Crippen molar-refractivity contribution < 1.29 is 14.4 Å². The predicted octanol–water partition coefficient (Wildman–Crippen LogP) is 0.572. The highest BCUT2D eigenvalue weighted by atomic mass is 16.2. The predicted molar refractivity (Wildman–Crippen MR) is 80.5 cm³/mol. The Morgan fingerprint density at radius 3 is 2.24 bits per heavy atom. The van der Waals surface area contributed by atoms with Gasteiger partial charge in [-0.05, 0) is 12.3 Å². The second-order valence-electron chi connectivity index (χ2n) is 5.96. The molecule has 0 spiro atoms. The fraction of sp³-hybridized carbons (Fsp3) is 0.800. The Morgan fingerprint density at radius 2 is 1.76 bits per heavy atom. The lowest BCUT2D eigenvalue weighted by molar-refractivity contribution is -0.136. The molecular formula is C15H27N3O3. The van der Waals surface area contributed by atoms with E-state index in [0.29, 0.717) is 51.6 Å². The summed E-state index contributed by atoms with van der Waals surface area (Å²) in [6, 6.07) is 0. The summed E-state index contributed by atoms with van der Waals surface area (Å²) < 4.78 is 0. The Labute approximate surface area is 127 Å². The minimum Gasteiger partial charge on any atom is -0.342 e. The zero-order chi connectivity index (χ0) is 15.8. The van der Waals surface area contributed by atoms with Crippen molar-refractivity contribution >= 4 is 18.2 Å². The van der Waals surface area contributed by atoms with Crippen molar-refractivity contribution in [3.8, 4) is 0 Å². The molecule has 1 fully saturated rings. The number of rotatable bonds is 7. The number of hydrogen-bond donors (Lipinski definition) is 0. The number of carbonyl (C=O) groups excluding carboxylic acids is 3. The molecule has 0 radical (unpaired) electrons. The highest BCUT2D eigenvalue weighted by Crippen LogP contribution is 2.06. The summed E-state index contributed by atoms with van der Waals surface area (Å²) in [5, 5.41) is 0. The Morgan fingerprint density at radius 1 is 1.14 bits per heavy atom. The molecule has 6 heteroatoms. The molecule has 0 N–H and O–H groups in total. The summed E-state index contributed by atoms with van der Waals surface area (Å²) in [7, 11) is 0. The minimum atomic E-state index is 0.0224. The molecule has 0 aromatic heterocycles.